The van der Waals surface area contributed by atoms with E-state index in [4.69, 9.17) is 27.1 Å². The molecule has 0 aliphatic heterocycles. The van der Waals surface area contributed by atoms with Gasteiger partial charge in [-0.1, -0.05) is 35.9 Å². The molecule has 3 rings (SSSR count). The summed E-state index contributed by atoms with van der Waals surface area (Å²) in [6, 6.07) is 9.69. The SMILES string of the molecule is CCn1cc(-c2ccc(C[C@@H](CCO)c3c(C(N)=O)ccc(OC(C)C(F)(F)F)c3Cl)cc2)nc1C(C)NC(C)=O. The molecule has 0 saturated heterocycles. The fraction of sp³-hybridized carbons (Fsp3) is 0.414. The monoisotopic (exact) mass is 594 g/mol. The second-order valence-corrected chi connectivity index (χ2v) is 10.2. The van der Waals surface area contributed by atoms with E-state index in [9.17, 15) is 27.9 Å². The number of hydrogen-bond donors (Lipinski definition) is 3. The quantitative estimate of drug-likeness (QED) is 0.254. The van der Waals surface area contributed by atoms with Crippen LogP contribution in [0.1, 0.15) is 73.4 Å². The van der Waals surface area contributed by atoms with Crippen molar-refractivity contribution < 1.29 is 32.6 Å². The Balaban J connectivity index is 1.93. The normalized spacial score (nSPS) is 13.9. The topological polar surface area (TPSA) is 119 Å². The molecule has 3 aromatic rings. The zero-order valence-corrected chi connectivity index (χ0v) is 24.0. The van der Waals surface area contributed by atoms with Crippen molar-refractivity contribution in [2.75, 3.05) is 6.61 Å². The van der Waals surface area contributed by atoms with Crippen molar-refractivity contribution in [3.63, 3.8) is 0 Å². The van der Waals surface area contributed by atoms with Crippen LogP contribution in [-0.2, 0) is 17.8 Å². The van der Waals surface area contributed by atoms with Gasteiger partial charge in [0.2, 0.25) is 11.8 Å². The van der Waals surface area contributed by atoms with Crippen LogP contribution >= 0.6 is 11.6 Å². The number of amides is 2. The van der Waals surface area contributed by atoms with Crippen LogP contribution in [0.15, 0.2) is 42.6 Å². The number of hydrogen-bond acceptors (Lipinski definition) is 5. The number of aromatic nitrogens is 2. The number of imidazole rings is 1. The Bertz CT molecular complexity index is 1380. The minimum absolute atomic E-state index is 0.0445. The molecule has 1 aromatic heterocycles. The summed E-state index contributed by atoms with van der Waals surface area (Å²) in [5.74, 6) is -1.01. The van der Waals surface area contributed by atoms with Gasteiger partial charge >= 0.3 is 6.18 Å². The third-order valence-corrected chi connectivity index (χ3v) is 7.14. The first-order chi connectivity index (χ1) is 19.3. The number of carbonyl (C=O) groups excluding carboxylic acids is 2. The number of nitrogens with one attached hydrogen (secondary N) is 1. The molecule has 0 radical (unpaired) electrons. The van der Waals surface area contributed by atoms with Gasteiger partial charge in [-0.2, -0.15) is 13.2 Å². The van der Waals surface area contributed by atoms with Crippen molar-refractivity contribution in [3.8, 4) is 17.0 Å². The molecular weight excluding hydrogens is 561 g/mol. The van der Waals surface area contributed by atoms with Gasteiger partial charge in [0.15, 0.2) is 6.10 Å². The lowest BCUT2D eigenvalue weighted by Crippen LogP contribution is -2.31. The average molecular weight is 595 g/mol. The first-order valence-corrected chi connectivity index (χ1v) is 13.5. The molecule has 0 saturated carbocycles. The number of ether oxygens (including phenoxy) is 1. The van der Waals surface area contributed by atoms with E-state index in [2.05, 4.69) is 5.32 Å². The van der Waals surface area contributed by atoms with Crippen molar-refractivity contribution in [3.05, 3.63) is 70.1 Å². The number of carbonyl (C=O) groups is 2. The zero-order chi connectivity index (χ0) is 30.5. The third-order valence-electron chi connectivity index (χ3n) is 6.75. The van der Waals surface area contributed by atoms with Crippen LogP contribution in [0.4, 0.5) is 13.2 Å². The lowest BCUT2D eigenvalue weighted by Gasteiger charge is -2.24. The number of alkyl halides is 3. The Morgan fingerprint density at radius 3 is 2.37 bits per heavy atom. The molecule has 3 atom stereocenters. The first-order valence-electron chi connectivity index (χ1n) is 13.2. The minimum Gasteiger partial charge on any atom is -0.480 e. The summed E-state index contributed by atoms with van der Waals surface area (Å²) in [4.78, 5) is 28.5. The molecule has 0 bridgehead atoms. The summed E-state index contributed by atoms with van der Waals surface area (Å²) in [7, 11) is 0. The molecule has 12 heteroatoms. The van der Waals surface area contributed by atoms with Gasteiger partial charge in [-0.3, -0.25) is 9.59 Å². The fourth-order valence-corrected chi connectivity index (χ4v) is 5.04. The zero-order valence-electron chi connectivity index (χ0n) is 23.3. The minimum atomic E-state index is -4.62. The van der Waals surface area contributed by atoms with Gasteiger partial charge in [0.25, 0.3) is 0 Å². The molecule has 2 aromatic carbocycles. The van der Waals surface area contributed by atoms with Crippen LogP contribution in [0, 0.1) is 0 Å². The van der Waals surface area contributed by atoms with Crippen LogP contribution < -0.4 is 15.8 Å². The van der Waals surface area contributed by atoms with Crippen molar-refractivity contribution in [2.24, 2.45) is 5.73 Å². The average Bonchev–Trinajstić information content (AvgIpc) is 3.33. The van der Waals surface area contributed by atoms with Gasteiger partial charge in [-0.05, 0) is 62.8 Å². The first kappa shape index (κ1) is 32.0. The summed E-state index contributed by atoms with van der Waals surface area (Å²) >= 11 is 6.52. The molecule has 1 heterocycles. The van der Waals surface area contributed by atoms with Gasteiger partial charge in [-0.15, -0.1) is 0 Å². The summed E-state index contributed by atoms with van der Waals surface area (Å²) < 4.78 is 46.4. The van der Waals surface area contributed by atoms with Crippen molar-refractivity contribution in [1.82, 2.24) is 14.9 Å². The molecular formula is C29H34ClF3N4O4. The molecule has 2 unspecified atom stereocenters. The Labute approximate surface area is 241 Å². The third kappa shape index (κ3) is 7.80. The molecule has 8 nitrogen and oxygen atoms in total. The summed E-state index contributed by atoms with van der Waals surface area (Å²) in [5.41, 5.74) is 8.23. The van der Waals surface area contributed by atoms with E-state index in [1.807, 2.05) is 48.9 Å². The van der Waals surface area contributed by atoms with Crippen molar-refractivity contribution in [2.45, 2.75) is 71.3 Å². The number of primary amides is 1. The number of aryl methyl sites for hydroxylation is 1. The van der Waals surface area contributed by atoms with E-state index in [0.717, 1.165) is 29.6 Å². The van der Waals surface area contributed by atoms with Gasteiger partial charge in [-0.25, -0.2) is 4.98 Å². The molecule has 0 aliphatic carbocycles. The van der Waals surface area contributed by atoms with Crippen LogP contribution in [-0.4, -0.2) is 45.4 Å². The van der Waals surface area contributed by atoms with Crippen LogP contribution in [0.2, 0.25) is 5.02 Å². The second kappa shape index (κ2) is 13.4. The fourth-order valence-electron chi connectivity index (χ4n) is 4.67. The van der Waals surface area contributed by atoms with E-state index >= 15 is 0 Å². The Morgan fingerprint density at radius 2 is 1.83 bits per heavy atom. The van der Waals surface area contributed by atoms with E-state index in [0.29, 0.717) is 13.0 Å². The number of nitrogens with two attached hydrogens (primary N) is 1. The van der Waals surface area contributed by atoms with Crippen molar-refractivity contribution >= 4 is 23.4 Å². The maximum atomic E-state index is 13.1. The molecule has 2 amide bonds. The Kier molecular flexibility index (Phi) is 10.4. The molecule has 0 spiro atoms. The highest BCUT2D eigenvalue weighted by Crippen LogP contribution is 2.40. The van der Waals surface area contributed by atoms with E-state index in [1.165, 1.54) is 19.1 Å². The smallest absolute Gasteiger partial charge is 0.425 e. The van der Waals surface area contributed by atoms with E-state index in [-0.39, 0.29) is 46.9 Å². The van der Waals surface area contributed by atoms with E-state index in [1.54, 1.807) is 0 Å². The largest absolute Gasteiger partial charge is 0.480 e. The number of rotatable bonds is 12. The lowest BCUT2D eigenvalue weighted by molar-refractivity contribution is -0.189. The molecule has 222 valence electrons. The van der Waals surface area contributed by atoms with Crippen LogP contribution in [0.25, 0.3) is 11.3 Å². The van der Waals surface area contributed by atoms with Crippen molar-refractivity contribution in [1.29, 1.82) is 0 Å². The van der Waals surface area contributed by atoms with Gasteiger partial charge in [0.1, 0.15) is 11.6 Å². The predicted molar refractivity (Wildman–Crippen MR) is 150 cm³/mol. The summed E-state index contributed by atoms with van der Waals surface area (Å²) in [6.07, 6.45) is -4.36. The number of aliphatic hydroxyl groups is 1. The Hall–Kier alpha value is -3.57. The number of halogens is 4. The van der Waals surface area contributed by atoms with Gasteiger partial charge in [0.05, 0.1) is 16.8 Å². The number of nitrogens with zero attached hydrogens (tertiary/aromatic N) is 2. The maximum absolute atomic E-state index is 13.1. The highest BCUT2D eigenvalue weighted by Gasteiger charge is 2.39. The highest BCUT2D eigenvalue weighted by atomic mass is 35.5. The molecule has 0 aliphatic rings. The predicted octanol–water partition coefficient (Wildman–Crippen LogP) is 5.56. The molecule has 4 N–H and O–H groups in total. The second-order valence-electron chi connectivity index (χ2n) is 9.81. The maximum Gasteiger partial charge on any atom is 0.425 e. The number of aliphatic hydroxyl groups excluding tert-OH is 1. The van der Waals surface area contributed by atoms with Crippen LogP contribution in [0.3, 0.4) is 0 Å². The summed E-state index contributed by atoms with van der Waals surface area (Å²) in [6.45, 7) is 6.56. The standard InChI is InChI=1S/C29H34ClF3N4O4/c1-5-37-15-23(36-28(37)16(2)35-18(4)39)20-8-6-19(7-9-20)14-21(12-13-38)25-22(27(34)40)10-11-24(26(25)30)41-17(3)29(31,32)33/h6-11,15-17,21,38H,5,12-14H2,1-4H3,(H2,34,40)(H,35,39)/t16?,17?,21-/m1/s1. The van der Waals surface area contributed by atoms with Gasteiger partial charge < -0.3 is 25.5 Å². The number of benzene rings is 2. The Morgan fingerprint density at radius 1 is 1.17 bits per heavy atom. The molecule has 0 fully saturated rings. The molecule has 41 heavy (non-hydrogen) atoms. The van der Waals surface area contributed by atoms with Crippen LogP contribution in [0.5, 0.6) is 5.75 Å². The summed E-state index contributed by atoms with van der Waals surface area (Å²) in [5, 5.41) is 12.5. The van der Waals surface area contributed by atoms with Gasteiger partial charge in [0, 0.05) is 37.4 Å². The lowest BCUT2D eigenvalue weighted by atomic mass is 9.86. The highest BCUT2D eigenvalue weighted by molar-refractivity contribution is 6.33. The van der Waals surface area contributed by atoms with E-state index < -0.39 is 24.1 Å².